The van der Waals surface area contributed by atoms with Gasteiger partial charge in [0.25, 0.3) is 0 Å². The lowest BCUT2D eigenvalue weighted by molar-refractivity contribution is 0.174. The van der Waals surface area contributed by atoms with Crippen LogP contribution in [0.15, 0.2) is 23.7 Å². The lowest BCUT2D eigenvalue weighted by Gasteiger charge is -2.07. The van der Waals surface area contributed by atoms with Crippen molar-refractivity contribution >= 4 is 11.3 Å². The molecule has 5 nitrogen and oxygen atoms in total. The molecule has 0 atom stereocenters. The average molecular weight is 264 g/mol. The van der Waals surface area contributed by atoms with Crippen molar-refractivity contribution in [2.45, 2.75) is 13.1 Å². The molecule has 0 radical (unpaired) electrons. The second-order valence-electron chi connectivity index (χ2n) is 3.86. The van der Waals surface area contributed by atoms with Gasteiger partial charge in [-0.25, -0.2) is 4.98 Å². The summed E-state index contributed by atoms with van der Waals surface area (Å²) in [6, 6.07) is 3.38. The number of thiazole rings is 1. The molecule has 2 aromatic rings. The topological polar surface area (TPSA) is 63.6 Å². The minimum Gasteiger partial charge on any atom is -0.507 e. The summed E-state index contributed by atoms with van der Waals surface area (Å²) in [5.74, 6) is 1.49. The van der Waals surface area contributed by atoms with E-state index >= 15 is 0 Å². The molecule has 0 spiro atoms. The van der Waals surface area contributed by atoms with Gasteiger partial charge in [-0.05, 0) is 6.07 Å². The zero-order valence-corrected chi connectivity index (χ0v) is 10.4. The summed E-state index contributed by atoms with van der Waals surface area (Å²) < 4.78 is 10.5. The highest BCUT2D eigenvalue weighted by Gasteiger charge is 2.16. The number of benzene rings is 1. The van der Waals surface area contributed by atoms with Crippen molar-refractivity contribution in [2.24, 2.45) is 0 Å². The molecule has 0 saturated carbocycles. The third kappa shape index (κ3) is 2.25. The smallest absolute Gasteiger partial charge is 0.231 e. The van der Waals surface area contributed by atoms with Crippen LogP contribution < -0.4 is 14.8 Å². The number of rotatable bonds is 4. The number of nitrogens with zero attached hydrogens (tertiary/aromatic N) is 1. The third-order valence-electron chi connectivity index (χ3n) is 2.65. The van der Waals surface area contributed by atoms with Crippen molar-refractivity contribution in [2.75, 3.05) is 6.79 Å². The number of phenolic OH excluding ortho intramolecular Hbond substituents is 1. The first kappa shape index (κ1) is 11.3. The monoisotopic (exact) mass is 264 g/mol. The van der Waals surface area contributed by atoms with Gasteiger partial charge in [-0.15, -0.1) is 11.3 Å². The predicted molar refractivity (Wildman–Crippen MR) is 66.9 cm³/mol. The van der Waals surface area contributed by atoms with Crippen molar-refractivity contribution in [3.8, 4) is 17.2 Å². The van der Waals surface area contributed by atoms with E-state index in [1.807, 2.05) is 5.38 Å². The average Bonchev–Trinajstić information content (AvgIpc) is 3.00. The Morgan fingerprint density at radius 2 is 2.11 bits per heavy atom. The van der Waals surface area contributed by atoms with Crippen LogP contribution in [0.3, 0.4) is 0 Å². The molecular formula is C12H12N2O3S. The Bertz CT molecular complexity index is 543. The first-order valence-electron chi connectivity index (χ1n) is 5.53. The molecule has 2 N–H and O–H groups in total. The number of fused-ring (bicyclic) bond motifs is 1. The molecule has 0 bridgehead atoms. The van der Waals surface area contributed by atoms with E-state index in [0.717, 1.165) is 10.6 Å². The van der Waals surface area contributed by atoms with Gasteiger partial charge in [-0.1, -0.05) is 0 Å². The summed E-state index contributed by atoms with van der Waals surface area (Å²) >= 11 is 1.60. The lowest BCUT2D eigenvalue weighted by Crippen LogP contribution is -2.12. The fourth-order valence-corrected chi connectivity index (χ4v) is 2.35. The number of aromatic hydroxyl groups is 1. The molecule has 1 aromatic heterocycles. The van der Waals surface area contributed by atoms with E-state index in [0.29, 0.717) is 24.6 Å². The minimum atomic E-state index is 0.213. The maximum atomic E-state index is 9.84. The third-order valence-corrected chi connectivity index (χ3v) is 3.43. The van der Waals surface area contributed by atoms with Crippen molar-refractivity contribution in [1.82, 2.24) is 10.3 Å². The minimum absolute atomic E-state index is 0.213. The summed E-state index contributed by atoms with van der Waals surface area (Å²) in [4.78, 5) is 4.18. The predicted octanol–water partition coefficient (Wildman–Crippen LogP) is 1.87. The Morgan fingerprint density at radius 1 is 1.28 bits per heavy atom. The van der Waals surface area contributed by atoms with Gasteiger partial charge in [0, 0.05) is 36.3 Å². The standard InChI is InChI=1S/C12H12N2O3S/c15-9-4-11-10(16-7-17-11)3-8(9)5-13-6-12-14-1-2-18-12/h1-4,13,15H,5-7H2. The summed E-state index contributed by atoms with van der Waals surface area (Å²) in [7, 11) is 0. The fourth-order valence-electron chi connectivity index (χ4n) is 1.76. The molecule has 0 saturated heterocycles. The van der Waals surface area contributed by atoms with Gasteiger partial charge >= 0.3 is 0 Å². The van der Waals surface area contributed by atoms with Crippen LogP contribution in [0.1, 0.15) is 10.6 Å². The quantitative estimate of drug-likeness (QED) is 0.882. The molecule has 2 heterocycles. The van der Waals surface area contributed by atoms with E-state index in [-0.39, 0.29) is 12.5 Å². The molecule has 3 rings (SSSR count). The van der Waals surface area contributed by atoms with Crippen LogP contribution in [-0.2, 0) is 13.1 Å². The van der Waals surface area contributed by atoms with Gasteiger partial charge in [0.05, 0.1) is 0 Å². The SMILES string of the molecule is Oc1cc2c(cc1CNCc1nccs1)OCO2. The number of aromatic nitrogens is 1. The number of phenols is 1. The molecule has 1 aliphatic heterocycles. The summed E-state index contributed by atoms with van der Waals surface area (Å²) in [6.45, 7) is 1.46. The largest absolute Gasteiger partial charge is 0.507 e. The highest BCUT2D eigenvalue weighted by Crippen LogP contribution is 2.37. The second kappa shape index (κ2) is 4.83. The molecule has 0 unspecified atom stereocenters. The zero-order chi connectivity index (χ0) is 12.4. The maximum Gasteiger partial charge on any atom is 0.231 e. The Hall–Kier alpha value is -1.79. The summed E-state index contributed by atoms with van der Waals surface area (Å²) in [5, 5.41) is 16.0. The van der Waals surface area contributed by atoms with Crippen LogP contribution in [0.4, 0.5) is 0 Å². The van der Waals surface area contributed by atoms with Gasteiger partial charge in [0.15, 0.2) is 11.5 Å². The molecule has 0 fully saturated rings. The van der Waals surface area contributed by atoms with Gasteiger partial charge in [0.2, 0.25) is 6.79 Å². The van der Waals surface area contributed by atoms with Crippen molar-refractivity contribution in [3.05, 3.63) is 34.3 Å². The van der Waals surface area contributed by atoms with E-state index in [4.69, 9.17) is 9.47 Å². The number of ether oxygens (including phenoxy) is 2. The van der Waals surface area contributed by atoms with E-state index in [9.17, 15) is 5.11 Å². The van der Waals surface area contributed by atoms with E-state index in [1.54, 1.807) is 29.7 Å². The highest BCUT2D eigenvalue weighted by atomic mass is 32.1. The second-order valence-corrected chi connectivity index (χ2v) is 4.84. The number of hydrogen-bond acceptors (Lipinski definition) is 6. The van der Waals surface area contributed by atoms with Crippen molar-refractivity contribution in [1.29, 1.82) is 0 Å². The van der Waals surface area contributed by atoms with Gasteiger partial charge < -0.3 is 19.9 Å². The summed E-state index contributed by atoms with van der Waals surface area (Å²) in [6.07, 6.45) is 1.78. The molecule has 1 aliphatic rings. The van der Waals surface area contributed by atoms with E-state index in [2.05, 4.69) is 10.3 Å². The van der Waals surface area contributed by atoms with E-state index in [1.165, 1.54) is 0 Å². The van der Waals surface area contributed by atoms with Crippen LogP contribution in [0.2, 0.25) is 0 Å². The highest BCUT2D eigenvalue weighted by molar-refractivity contribution is 7.09. The van der Waals surface area contributed by atoms with Crippen molar-refractivity contribution < 1.29 is 14.6 Å². The van der Waals surface area contributed by atoms with E-state index < -0.39 is 0 Å². The normalized spacial score (nSPS) is 12.9. The Morgan fingerprint density at radius 3 is 2.89 bits per heavy atom. The molecule has 94 valence electrons. The Kier molecular flexibility index (Phi) is 3.04. The Balaban J connectivity index is 1.66. The number of nitrogens with one attached hydrogen (secondary N) is 1. The maximum absolute atomic E-state index is 9.84. The lowest BCUT2D eigenvalue weighted by atomic mass is 10.1. The first-order valence-corrected chi connectivity index (χ1v) is 6.41. The zero-order valence-electron chi connectivity index (χ0n) is 9.55. The Labute approximate surface area is 108 Å². The fraction of sp³-hybridized carbons (Fsp3) is 0.250. The van der Waals surface area contributed by atoms with Crippen LogP contribution in [0, 0.1) is 0 Å². The van der Waals surface area contributed by atoms with Crippen LogP contribution in [0.5, 0.6) is 17.2 Å². The van der Waals surface area contributed by atoms with Gasteiger partial charge in [-0.3, -0.25) is 0 Å². The molecule has 1 aromatic carbocycles. The molecule has 0 aliphatic carbocycles. The number of hydrogen-bond donors (Lipinski definition) is 2. The molecular weight excluding hydrogens is 252 g/mol. The molecule has 0 amide bonds. The van der Waals surface area contributed by atoms with Gasteiger partial charge in [0.1, 0.15) is 10.8 Å². The first-order chi connectivity index (χ1) is 8.83. The molecule has 18 heavy (non-hydrogen) atoms. The van der Waals surface area contributed by atoms with Crippen molar-refractivity contribution in [3.63, 3.8) is 0 Å². The van der Waals surface area contributed by atoms with Crippen LogP contribution in [0.25, 0.3) is 0 Å². The van der Waals surface area contributed by atoms with Gasteiger partial charge in [-0.2, -0.15) is 0 Å². The molecule has 6 heteroatoms. The van der Waals surface area contributed by atoms with Crippen LogP contribution >= 0.6 is 11.3 Å². The van der Waals surface area contributed by atoms with Crippen LogP contribution in [-0.4, -0.2) is 16.9 Å². The summed E-state index contributed by atoms with van der Waals surface area (Å²) in [5.41, 5.74) is 0.788.